The first-order chi connectivity index (χ1) is 11.2. The molecule has 1 aliphatic carbocycles. The van der Waals surface area contributed by atoms with Crippen molar-refractivity contribution in [2.45, 2.75) is 57.1 Å². The van der Waals surface area contributed by atoms with E-state index in [2.05, 4.69) is 0 Å². The van der Waals surface area contributed by atoms with Gasteiger partial charge in [-0.3, -0.25) is 4.79 Å². The second kappa shape index (κ2) is 7.82. The van der Waals surface area contributed by atoms with Crippen LogP contribution >= 0.6 is 0 Å². The highest BCUT2D eigenvalue weighted by molar-refractivity contribution is 5.94. The Hall–Kier alpha value is -1.55. The molecule has 1 saturated carbocycles. The molecular weight excluding hydrogens is 290 g/mol. The number of benzene rings is 1. The summed E-state index contributed by atoms with van der Waals surface area (Å²) in [5.41, 5.74) is 0.738. The molecule has 1 heterocycles. The van der Waals surface area contributed by atoms with Crippen LogP contribution in [-0.2, 0) is 4.74 Å². The molecule has 1 amide bonds. The van der Waals surface area contributed by atoms with Crippen molar-refractivity contribution in [1.82, 2.24) is 4.90 Å². The summed E-state index contributed by atoms with van der Waals surface area (Å²) < 4.78 is 11.3. The molecule has 1 aliphatic heterocycles. The van der Waals surface area contributed by atoms with E-state index in [1.54, 1.807) is 0 Å². The summed E-state index contributed by atoms with van der Waals surface area (Å²) in [6.45, 7) is 1.43. The second-order valence-electron chi connectivity index (χ2n) is 6.68. The smallest absolute Gasteiger partial charge is 0.253 e. The van der Waals surface area contributed by atoms with Gasteiger partial charge in [-0.1, -0.05) is 19.3 Å². The number of nitrogens with zero attached hydrogens (tertiary/aromatic N) is 1. The van der Waals surface area contributed by atoms with Crippen LogP contribution in [0.4, 0.5) is 0 Å². The average Bonchev–Trinajstić information content (AvgIpc) is 3.13. The standard InChI is InChI=1S/C19H27NO3/c1-20(16-6-3-2-4-7-16)19(21)15-9-11-17(12-10-15)23-14-18-8-5-13-22-18/h9-12,16,18H,2-8,13-14H2,1H3. The molecule has 2 fully saturated rings. The van der Waals surface area contributed by atoms with Crippen LogP contribution in [0.1, 0.15) is 55.3 Å². The number of rotatable bonds is 5. The Labute approximate surface area is 138 Å². The number of amides is 1. The Morgan fingerprint density at radius 3 is 2.52 bits per heavy atom. The zero-order valence-corrected chi connectivity index (χ0v) is 14.0. The van der Waals surface area contributed by atoms with E-state index >= 15 is 0 Å². The fourth-order valence-corrected chi connectivity index (χ4v) is 3.50. The zero-order chi connectivity index (χ0) is 16.1. The van der Waals surface area contributed by atoms with E-state index < -0.39 is 0 Å². The Kier molecular flexibility index (Phi) is 5.55. The molecule has 0 N–H and O–H groups in total. The van der Waals surface area contributed by atoms with Crippen LogP contribution in [0, 0.1) is 0 Å². The summed E-state index contributed by atoms with van der Waals surface area (Å²) in [5, 5.41) is 0. The molecule has 0 aromatic heterocycles. The molecule has 1 unspecified atom stereocenters. The summed E-state index contributed by atoms with van der Waals surface area (Å²) in [6, 6.07) is 7.90. The van der Waals surface area contributed by atoms with Crippen molar-refractivity contribution in [3.05, 3.63) is 29.8 Å². The third-order valence-corrected chi connectivity index (χ3v) is 5.00. The van der Waals surface area contributed by atoms with Crippen LogP contribution in [0.15, 0.2) is 24.3 Å². The molecule has 4 heteroatoms. The minimum atomic E-state index is 0.113. The molecule has 23 heavy (non-hydrogen) atoms. The Bertz CT molecular complexity index is 502. The molecule has 2 aliphatic rings. The van der Waals surface area contributed by atoms with E-state index in [4.69, 9.17) is 9.47 Å². The van der Waals surface area contributed by atoms with Crippen molar-refractivity contribution in [3.8, 4) is 5.75 Å². The molecular formula is C19H27NO3. The minimum Gasteiger partial charge on any atom is -0.491 e. The summed E-state index contributed by atoms with van der Waals surface area (Å²) in [4.78, 5) is 14.5. The second-order valence-corrected chi connectivity index (χ2v) is 6.68. The first kappa shape index (κ1) is 16.3. The van der Waals surface area contributed by atoms with Gasteiger partial charge in [-0.05, 0) is 49.9 Å². The molecule has 0 radical (unpaired) electrons. The fraction of sp³-hybridized carbons (Fsp3) is 0.632. The molecule has 0 bridgehead atoms. The van der Waals surface area contributed by atoms with Crippen LogP contribution in [-0.4, -0.2) is 43.2 Å². The lowest BCUT2D eigenvalue weighted by atomic mass is 9.94. The largest absolute Gasteiger partial charge is 0.491 e. The van der Waals surface area contributed by atoms with E-state index in [0.717, 1.165) is 43.6 Å². The monoisotopic (exact) mass is 317 g/mol. The Balaban J connectivity index is 1.54. The number of hydrogen-bond donors (Lipinski definition) is 0. The molecule has 3 rings (SSSR count). The quantitative estimate of drug-likeness (QED) is 0.832. The Morgan fingerprint density at radius 2 is 1.87 bits per heavy atom. The van der Waals surface area contributed by atoms with E-state index in [1.807, 2.05) is 36.2 Å². The van der Waals surface area contributed by atoms with Gasteiger partial charge in [0.05, 0.1) is 6.10 Å². The molecule has 1 saturated heterocycles. The lowest BCUT2D eigenvalue weighted by molar-refractivity contribution is 0.0675. The van der Waals surface area contributed by atoms with Crippen molar-refractivity contribution in [2.24, 2.45) is 0 Å². The fourth-order valence-electron chi connectivity index (χ4n) is 3.50. The van der Waals surface area contributed by atoms with E-state index in [-0.39, 0.29) is 12.0 Å². The van der Waals surface area contributed by atoms with Crippen molar-refractivity contribution in [3.63, 3.8) is 0 Å². The van der Waals surface area contributed by atoms with Gasteiger partial charge >= 0.3 is 0 Å². The van der Waals surface area contributed by atoms with Gasteiger partial charge in [0.15, 0.2) is 0 Å². The third kappa shape index (κ3) is 4.25. The van der Waals surface area contributed by atoms with Crippen LogP contribution in [0.3, 0.4) is 0 Å². The SMILES string of the molecule is CN(C(=O)c1ccc(OCC2CCCO2)cc1)C1CCCCC1. The number of carbonyl (C=O) groups excluding carboxylic acids is 1. The molecule has 1 aromatic rings. The predicted molar refractivity (Wildman–Crippen MR) is 89.9 cm³/mol. The average molecular weight is 317 g/mol. The zero-order valence-electron chi connectivity index (χ0n) is 14.0. The Morgan fingerprint density at radius 1 is 1.13 bits per heavy atom. The van der Waals surface area contributed by atoms with Gasteiger partial charge in [0.2, 0.25) is 0 Å². The third-order valence-electron chi connectivity index (χ3n) is 5.00. The molecule has 1 aromatic carbocycles. The van der Waals surface area contributed by atoms with Crippen LogP contribution in [0.5, 0.6) is 5.75 Å². The van der Waals surface area contributed by atoms with Crippen molar-refractivity contribution in [2.75, 3.05) is 20.3 Å². The van der Waals surface area contributed by atoms with Crippen molar-refractivity contribution < 1.29 is 14.3 Å². The highest BCUT2D eigenvalue weighted by Crippen LogP contribution is 2.23. The van der Waals surface area contributed by atoms with Crippen molar-refractivity contribution in [1.29, 1.82) is 0 Å². The molecule has 4 nitrogen and oxygen atoms in total. The summed E-state index contributed by atoms with van der Waals surface area (Å²) >= 11 is 0. The highest BCUT2D eigenvalue weighted by atomic mass is 16.5. The van der Waals surface area contributed by atoms with Gasteiger partial charge in [-0.15, -0.1) is 0 Å². The van der Waals surface area contributed by atoms with E-state index in [9.17, 15) is 4.79 Å². The lowest BCUT2D eigenvalue weighted by Crippen LogP contribution is -2.38. The van der Waals surface area contributed by atoms with E-state index in [1.165, 1.54) is 19.3 Å². The maximum Gasteiger partial charge on any atom is 0.253 e. The predicted octanol–water partition coefficient (Wildman–Crippen LogP) is 3.65. The number of hydrogen-bond acceptors (Lipinski definition) is 3. The van der Waals surface area contributed by atoms with Gasteiger partial charge < -0.3 is 14.4 Å². The first-order valence-electron chi connectivity index (χ1n) is 8.85. The van der Waals surface area contributed by atoms with Crippen molar-refractivity contribution >= 4 is 5.91 Å². The summed E-state index contributed by atoms with van der Waals surface area (Å²) in [5.74, 6) is 0.917. The number of carbonyl (C=O) groups is 1. The maximum atomic E-state index is 12.6. The van der Waals surface area contributed by atoms with Crippen LogP contribution in [0.2, 0.25) is 0 Å². The van der Waals surface area contributed by atoms with Gasteiger partial charge in [-0.2, -0.15) is 0 Å². The minimum absolute atomic E-state index is 0.113. The number of ether oxygens (including phenoxy) is 2. The molecule has 126 valence electrons. The van der Waals surface area contributed by atoms with E-state index in [0.29, 0.717) is 12.6 Å². The highest BCUT2D eigenvalue weighted by Gasteiger charge is 2.23. The first-order valence-corrected chi connectivity index (χ1v) is 8.85. The van der Waals surface area contributed by atoms with Crippen LogP contribution < -0.4 is 4.74 Å². The summed E-state index contributed by atoms with van der Waals surface area (Å²) in [6.07, 6.45) is 8.44. The normalized spacial score (nSPS) is 22.0. The molecule has 1 atom stereocenters. The topological polar surface area (TPSA) is 38.8 Å². The summed E-state index contributed by atoms with van der Waals surface area (Å²) in [7, 11) is 1.93. The molecule has 0 spiro atoms. The maximum absolute atomic E-state index is 12.6. The van der Waals surface area contributed by atoms with Gasteiger partial charge in [0.1, 0.15) is 12.4 Å². The van der Waals surface area contributed by atoms with Gasteiger partial charge in [-0.25, -0.2) is 0 Å². The van der Waals surface area contributed by atoms with Crippen LogP contribution in [0.25, 0.3) is 0 Å². The lowest BCUT2D eigenvalue weighted by Gasteiger charge is -2.31. The van der Waals surface area contributed by atoms with Gasteiger partial charge in [0, 0.05) is 25.3 Å². The van der Waals surface area contributed by atoms with Gasteiger partial charge in [0.25, 0.3) is 5.91 Å².